The molecule has 8 rings (SSSR count). The van der Waals surface area contributed by atoms with Crippen LogP contribution in [0.5, 0.6) is 0 Å². The number of hydrogen-bond acceptors (Lipinski definition) is 18. The Morgan fingerprint density at radius 3 is 1.09 bits per heavy atom. The van der Waals surface area contributed by atoms with Gasteiger partial charge in [0.1, 0.15) is 52.4 Å². The Morgan fingerprint density at radius 1 is 0.369 bits per heavy atom. The van der Waals surface area contributed by atoms with Crippen LogP contribution in [0.1, 0.15) is 140 Å². The summed E-state index contributed by atoms with van der Waals surface area (Å²) >= 11 is 0. The number of carbonyl (C=O) groups is 16. The fourth-order valence-electron chi connectivity index (χ4n) is 11.9. The van der Waals surface area contributed by atoms with Gasteiger partial charge in [-0.3, -0.25) is 76.7 Å². The Labute approximate surface area is 637 Å². The van der Waals surface area contributed by atoms with Crippen molar-refractivity contribution in [2.75, 3.05) is 68.3 Å². The molecule has 12 N–H and O–H groups in total. The number of hydrogen-bond donors (Lipinski definition) is 12. The van der Waals surface area contributed by atoms with Crippen molar-refractivity contribution < 1.29 is 140 Å². The Hall–Kier alpha value is -14.2. The van der Waals surface area contributed by atoms with Crippen molar-refractivity contribution in [2.45, 2.75) is 53.4 Å². The summed E-state index contributed by atoms with van der Waals surface area (Å²) in [5.74, 6) is -24.0. The molecule has 5 heterocycles. The third-order valence-electron chi connectivity index (χ3n) is 16.9. The minimum absolute atomic E-state index is 0. The predicted octanol–water partition coefficient (Wildman–Crippen LogP) is 5.26. The molecule has 0 saturated heterocycles. The van der Waals surface area contributed by atoms with E-state index in [0.717, 1.165) is 59.2 Å². The van der Waals surface area contributed by atoms with E-state index in [9.17, 15) is 123 Å². The first-order valence-corrected chi connectivity index (χ1v) is 32.6. The summed E-state index contributed by atoms with van der Waals surface area (Å²) in [4.78, 5) is 229. The van der Waals surface area contributed by atoms with Gasteiger partial charge in [0.05, 0.1) is 22.8 Å². The molecule has 0 aliphatic carbocycles. The molecule has 0 fully saturated rings. The van der Waals surface area contributed by atoms with Gasteiger partial charge in [0.25, 0.3) is 35.4 Å². The van der Waals surface area contributed by atoms with Crippen molar-refractivity contribution in [1.82, 2.24) is 39.5 Å². The smallest absolute Gasteiger partial charge is 0.657 e. The number of amides is 7. The number of allylic oxidation sites excluding steroid dienone is 5. The molecule has 7 amide bonds. The van der Waals surface area contributed by atoms with Gasteiger partial charge >= 0.3 is 70.8 Å². The number of nitrogens with zero attached hydrogens (tertiary/aromatic N) is 8. The molecule has 3 aromatic carbocycles. The number of anilines is 3. The van der Waals surface area contributed by atoms with Gasteiger partial charge in [-0.25, -0.2) is 9.97 Å². The molecule has 8 bridgehead atoms. The van der Waals surface area contributed by atoms with E-state index in [0.29, 0.717) is 79.1 Å². The van der Waals surface area contributed by atoms with E-state index in [1.54, 1.807) is 50.3 Å². The third kappa shape index (κ3) is 21.1. The Balaban J connectivity index is 0.0000171. The molecule has 0 atom stereocenters. The van der Waals surface area contributed by atoms with Crippen LogP contribution in [0.15, 0.2) is 98.1 Å². The maximum atomic E-state index is 14.9. The fraction of sp³-hybridized carbons (Fsp3) is 0.216. The molecule has 6 aromatic rings. The third-order valence-corrected chi connectivity index (χ3v) is 16.9. The summed E-state index contributed by atoms with van der Waals surface area (Å²) in [5, 5.41) is 94.2. The van der Waals surface area contributed by atoms with Gasteiger partial charge in [-0.1, -0.05) is 66.3 Å². The molecule has 37 heteroatoms. The zero-order valence-electron chi connectivity index (χ0n) is 59.0. The molecule has 111 heavy (non-hydrogen) atoms. The normalized spacial score (nSPS) is 11.4. The van der Waals surface area contributed by atoms with Crippen LogP contribution in [0.3, 0.4) is 0 Å². The van der Waals surface area contributed by atoms with Gasteiger partial charge < -0.3 is 91.5 Å². The van der Waals surface area contributed by atoms with E-state index >= 15 is 0 Å². The maximum absolute atomic E-state index is 14.9. The standard InChI is InChI=1S/C74H69N11O25.Fe/c1-7-47-34(3)51-22-52-37(6)50(10-12-60(87)88)58(80-52)25-57-49(36(5)54(81-57)24-56-48(8-2)35(4)53(79-56)23-55(47)78-51)9-11-59(86)75-44-16-38(69(105)76-45-18-40(71(107)82(26-61(89)90)27-62(91)92)14-41(19-45)72(108)83(28-63(93)94)29-64(95)96)13-39(17-44)70(106)77-46-20-42(73(109)84(30-65(97)98)31-66(99)100)15-43(21-46)74(110)85(32-67(101)102)33-68(103)104;/h7-8,13-25H,1-2,9-12,26-33H2,3-6H3,(H14,75,76,77,78,79,80,81,86,87,88,89,90,91,92,93,94,95,96,97,98,99,100,101,102,103,104,105,106);/q;+2/p-2. The van der Waals surface area contributed by atoms with Crippen molar-refractivity contribution in [2.24, 2.45) is 0 Å². The van der Waals surface area contributed by atoms with Gasteiger partial charge in [-0.15, -0.1) is 22.1 Å². The summed E-state index contributed by atoms with van der Waals surface area (Å²) in [7, 11) is 0. The first kappa shape index (κ1) is 84.0. The largest absolute Gasteiger partial charge is 2.00 e. The second-order valence-electron chi connectivity index (χ2n) is 24.8. The van der Waals surface area contributed by atoms with Crippen LogP contribution >= 0.6 is 0 Å². The number of carbonyl (C=O) groups excluding carboxylic acids is 7. The van der Waals surface area contributed by atoms with Crippen LogP contribution in [-0.4, -0.2) is 223 Å². The summed E-state index contributed by atoms with van der Waals surface area (Å²) in [6.45, 7) is 5.18. The van der Waals surface area contributed by atoms with E-state index in [-0.39, 0.29) is 67.3 Å². The number of fused-ring (bicyclic) bond motifs is 8. The number of benzene rings is 3. The average molecular weight is 1570 g/mol. The van der Waals surface area contributed by atoms with Gasteiger partial charge in [0.15, 0.2) is 0 Å². The molecule has 3 aromatic heterocycles. The number of rotatable bonds is 33. The SMILES string of the molecule is C=CC1=C(C)c2cc3[n-]c(cc4nc(cc5[n-]c(cc1n2)c(C)c5C=C)C(C)=C4CCC(=O)Nc1cc(C(=O)Nc2cc(C(=O)N(CC(=O)O)CC(=O)O)cc(C(=O)N(CC(=O)O)CC(=O)O)c2)cc(C(=O)Nc2cc(C(=O)N(CC(=O)O)CC(=O)O)cc(C(=O)N(CC(=O)O)CC(=O)O)c2)c1)c(CCC(=O)O)c3C.[Fe+2]. The van der Waals surface area contributed by atoms with E-state index in [4.69, 9.17) is 19.9 Å². The van der Waals surface area contributed by atoms with Crippen molar-refractivity contribution in [3.8, 4) is 0 Å². The summed E-state index contributed by atoms with van der Waals surface area (Å²) in [5.41, 5.74) is 2.86. The zero-order chi connectivity index (χ0) is 81.0. The number of aromatic nitrogens is 4. The zero-order valence-corrected chi connectivity index (χ0v) is 60.2. The van der Waals surface area contributed by atoms with Crippen molar-refractivity contribution >= 4 is 163 Å². The van der Waals surface area contributed by atoms with Crippen LogP contribution in [0.25, 0.3) is 50.4 Å². The Morgan fingerprint density at radius 2 is 0.703 bits per heavy atom. The van der Waals surface area contributed by atoms with Gasteiger partial charge in [0.2, 0.25) is 5.91 Å². The van der Waals surface area contributed by atoms with E-state index in [1.165, 1.54) is 0 Å². The number of aliphatic carboxylic acids is 9. The maximum Gasteiger partial charge on any atom is 2.00 e. The second kappa shape index (κ2) is 35.9. The molecule has 0 spiro atoms. The van der Waals surface area contributed by atoms with Crippen LogP contribution in [0, 0.1) is 13.8 Å². The van der Waals surface area contributed by atoms with Crippen LogP contribution in [-0.2, 0) is 71.4 Å². The second-order valence-corrected chi connectivity index (χ2v) is 24.8. The fourth-order valence-corrected chi connectivity index (χ4v) is 11.9. The molecule has 0 unspecified atom stereocenters. The van der Waals surface area contributed by atoms with Crippen LogP contribution in [0.2, 0.25) is 0 Å². The van der Waals surface area contributed by atoms with Crippen molar-refractivity contribution in [1.29, 1.82) is 0 Å². The number of aryl methyl sites for hydroxylation is 3. The molecular formula is C74H67FeN11O25. The molecule has 36 nitrogen and oxygen atoms in total. The first-order chi connectivity index (χ1) is 51.8. The molecule has 2 aliphatic heterocycles. The quantitative estimate of drug-likeness (QED) is 0.0234. The number of carboxylic acids is 9. The van der Waals surface area contributed by atoms with Crippen LogP contribution < -0.4 is 25.9 Å². The molecule has 576 valence electrons. The summed E-state index contributed by atoms with van der Waals surface area (Å²) in [6, 6.07) is 14.4. The molecule has 0 saturated carbocycles. The Bertz CT molecular complexity index is 4890. The number of nitrogens with one attached hydrogen (secondary N) is 3. The summed E-state index contributed by atoms with van der Waals surface area (Å²) < 4.78 is 0. The molecular weight excluding hydrogens is 1500 g/mol. The molecule has 2 aliphatic rings. The van der Waals surface area contributed by atoms with E-state index in [1.807, 2.05) is 13.8 Å². The first-order valence-electron chi connectivity index (χ1n) is 32.6. The molecule has 0 radical (unpaired) electrons. The number of carboxylic acid groups (broad SMARTS) is 9. The van der Waals surface area contributed by atoms with Crippen LogP contribution in [0.4, 0.5) is 17.1 Å². The van der Waals surface area contributed by atoms with E-state index < -0.39 is 199 Å². The van der Waals surface area contributed by atoms with Gasteiger partial charge in [-0.2, -0.15) is 0 Å². The minimum atomic E-state index is -1.72. The van der Waals surface area contributed by atoms with E-state index in [2.05, 4.69) is 29.1 Å². The average Bonchev–Trinajstić information content (AvgIpc) is 1.59. The van der Waals surface area contributed by atoms with Gasteiger partial charge in [-0.05, 0) is 117 Å². The van der Waals surface area contributed by atoms with Crippen molar-refractivity contribution in [3.63, 3.8) is 0 Å². The summed E-state index contributed by atoms with van der Waals surface area (Å²) in [6.07, 6.45) is 2.45. The predicted molar refractivity (Wildman–Crippen MR) is 387 cm³/mol. The minimum Gasteiger partial charge on any atom is -0.657 e. The monoisotopic (exact) mass is 1570 g/mol. The van der Waals surface area contributed by atoms with Gasteiger partial charge in [0, 0.05) is 68.9 Å². The Kier molecular flexibility index (Phi) is 27.2. The van der Waals surface area contributed by atoms with Crippen molar-refractivity contribution in [3.05, 3.63) is 177 Å². The topological polar surface area (TPSA) is 558 Å².